The van der Waals surface area contributed by atoms with Crippen LogP contribution in [-0.2, 0) is 12.7 Å². The van der Waals surface area contributed by atoms with Crippen molar-refractivity contribution in [2.75, 3.05) is 12.8 Å². The highest BCUT2D eigenvalue weighted by Gasteiger charge is 2.43. The highest BCUT2D eigenvalue weighted by atomic mass is 19.4. The lowest BCUT2D eigenvalue weighted by Gasteiger charge is -2.17. The number of benzene rings is 1. The van der Waals surface area contributed by atoms with Crippen LogP contribution in [0.15, 0.2) is 12.1 Å². The Labute approximate surface area is 173 Å². The van der Waals surface area contributed by atoms with Crippen LogP contribution in [0.1, 0.15) is 43.2 Å². The number of fused-ring (bicyclic) bond motifs is 3. The average molecular weight is 433 g/mol. The van der Waals surface area contributed by atoms with E-state index in [-0.39, 0.29) is 40.6 Å². The van der Waals surface area contributed by atoms with E-state index in [0.717, 1.165) is 0 Å². The molecule has 0 saturated heterocycles. The van der Waals surface area contributed by atoms with Crippen LogP contribution in [0.2, 0.25) is 0 Å². The first-order valence-corrected chi connectivity index (χ1v) is 9.15. The van der Waals surface area contributed by atoms with Crippen molar-refractivity contribution in [2.24, 2.45) is 5.73 Å². The predicted octanol–water partition coefficient (Wildman–Crippen LogP) is 2.63. The summed E-state index contributed by atoms with van der Waals surface area (Å²) in [6.45, 7) is 3.08. The molecule has 2 aromatic heterocycles. The normalized spacial score (nSPS) is 13.9. The zero-order valence-corrected chi connectivity index (χ0v) is 16.8. The van der Waals surface area contributed by atoms with E-state index in [9.17, 15) is 27.9 Å². The van der Waals surface area contributed by atoms with Crippen molar-refractivity contribution in [1.82, 2.24) is 14.5 Å². The number of phenols is 1. The second kappa shape index (κ2) is 6.37. The number of amides is 2. The van der Waals surface area contributed by atoms with Crippen molar-refractivity contribution in [3.8, 4) is 11.4 Å². The summed E-state index contributed by atoms with van der Waals surface area (Å²) in [6.07, 6.45) is -4.94. The van der Waals surface area contributed by atoms with Crippen molar-refractivity contribution in [3.63, 3.8) is 0 Å². The molecule has 3 aromatic rings. The van der Waals surface area contributed by atoms with Gasteiger partial charge in [0.05, 0.1) is 34.6 Å². The number of carbonyl (C=O) groups is 2. The number of aryl methyl sites for hydroxylation is 1. The van der Waals surface area contributed by atoms with E-state index < -0.39 is 34.6 Å². The third-order valence-corrected chi connectivity index (χ3v) is 5.51. The number of primary amides is 1. The molecule has 2 amide bonds. The number of hydrogen-bond donors (Lipinski definition) is 3. The summed E-state index contributed by atoms with van der Waals surface area (Å²) in [6, 6.07) is 2.98. The molecule has 0 atom stereocenters. The van der Waals surface area contributed by atoms with E-state index in [0.29, 0.717) is 11.1 Å². The van der Waals surface area contributed by atoms with Gasteiger partial charge >= 0.3 is 6.18 Å². The summed E-state index contributed by atoms with van der Waals surface area (Å²) in [4.78, 5) is 30.0. The van der Waals surface area contributed by atoms with Gasteiger partial charge in [-0.3, -0.25) is 14.2 Å². The van der Waals surface area contributed by atoms with Crippen LogP contribution < -0.4 is 11.5 Å². The third kappa shape index (κ3) is 2.72. The number of alkyl halides is 3. The number of hydrogen-bond acceptors (Lipinski definition) is 5. The van der Waals surface area contributed by atoms with Gasteiger partial charge in [-0.2, -0.15) is 13.2 Å². The number of halogens is 3. The van der Waals surface area contributed by atoms with Crippen LogP contribution >= 0.6 is 0 Å². The highest BCUT2D eigenvalue weighted by Crippen LogP contribution is 2.44. The summed E-state index contributed by atoms with van der Waals surface area (Å²) >= 11 is 0. The predicted molar refractivity (Wildman–Crippen MR) is 106 cm³/mol. The van der Waals surface area contributed by atoms with Gasteiger partial charge in [0.25, 0.3) is 11.8 Å². The van der Waals surface area contributed by atoms with E-state index in [1.165, 1.54) is 22.6 Å². The number of aromatic nitrogens is 2. The Morgan fingerprint density at radius 2 is 1.90 bits per heavy atom. The maximum Gasteiger partial charge on any atom is 0.434 e. The summed E-state index contributed by atoms with van der Waals surface area (Å²) in [7, 11) is 1.43. The number of nitrogens with two attached hydrogens (primary N) is 2. The van der Waals surface area contributed by atoms with Gasteiger partial charge in [-0.1, -0.05) is 6.07 Å². The van der Waals surface area contributed by atoms with Gasteiger partial charge < -0.3 is 21.5 Å². The van der Waals surface area contributed by atoms with E-state index in [4.69, 9.17) is 11.5 Å². The van der Waals surface area contributed by atoms with Crippen LogP contribution in [0.3, 0.4) is 0 Å². The van der Waals surface area contributed by atoms with Gasteiger partial charge in [-0.15, -0.1) is 0 Å². The molecule has 1 aromatic carbocycles. The van der Waals surface area contributed by atoms with Crippen molar-refractivity contribution in [1.29, 1.82) is 0 Å². The number of rotatable bonds is 2. The number of aromatic hydroxyl groups is 1. The monoisotopic (exact) mass is 433 g/mol. The van der Waals surface area contributed by atoms with E-state index in [1.54, 1.807) is 19.9 Å². The molecule has 11 heteroatoms. The maximum absolute atomic E-state index is 14.0. The fourth-order valence-electron chi connectivity index (χ4n) is 4.12. The molecule has 31 heavy (non-hydrogen) atoms. The lowest BCUT2D eigenvalue weighted by Crippen LogP contribution is -2.18. The Kier molecular flexibility index (Phi) is 4.21. The van der Waals surface area contributed by atoms with Crippen LogP contribution in [0.4, 0.5) is 19.0 Å². The molecule has 0 fully saturated rings. The maximum atomic E-state index is 14.0. The van der Waals surface area contributed by atoms with Crippen molar-refractivity contribution in [2.45, 2.75) is 26.6 Å². The molecule has 0 aliphatic carbocycles. The van der Waals surface area contributed by atoms with Gasteiger partial charge in [0.15, 0.2) is 5.69 Å². The summed E-state index contributed by atoms with van der Waals surface area (Å²) in [5.74, 6) is -2.26. The van der Waals surface area contributed by atoms with Gasteiger partial charge in [0, 0.05) is 18.0 Å². The van der Waals surface area contributed by atoms with E-state index in [2.05, 4.69) is 4.98 Å². The lowest BCUT2D eigenvalue weighted by molar-refractivity contribution is -0.139. The van der Waals surface area contributed by atoms with Crippen LogP contribution in [-0.4, -0.2) is 38.4 Å². The molecule has 1 aliphatic heterocycles. The van der Waals surface area contributed by atoms with E-state index >= 15 is 0 Å². The van der Waals surface area contributed by atoms with Crippen molar-refractivity contribution >= 4 is 28.5 Å². The fraction of sp³-hybridized carbons (Fsp3) is 0.250. The largest absolute Gasteiger partial charge is 0.508 e. The molecule has 4 rings (SSSR count). The molecule has 8 nitrogen and oxygen atoms in total. The Balaban J connectivity index is 2.35. The second-order valence-corrected chi connectivity index (χ2v) is 7.50. The summed E-state index contributed by atoms with van der Waals surface area (Å²) in [5.41, 5.74) is 10.4. The number of nitrogens with zero attached hydrogens (tertiary/aromatic N) is 3. The minimum absolute atomic E-state index is 0.0856. The molecule has 3 heterocycles. The molecule has 0 unspecified atom stereocenters. The highest BCUT2D eigenvalue weighted by molar-refractivity contribution is 6.18. The SMILES string of the molecule is Cc1ccc(O)c(C)c1-n1c(N)c(C(N)=O)c2c(C(F)(F)F)nc3c(c21)C(=O)N(C)C3. The minimum Gasteiger partial charge on any atom is -0.508 e. The molecular formula is C20H18F3N5O3. The van der Waals surface area contributed by atoms with Crippen molar-refractivity contribution < 1.29 is 27.9 Å². The molecule has 0 saturated carbocycles. The molecule has 5 N–H and O–H groups in total. The number of pyridine rings is 1. The van der Waals surface area contributed by atoms with Gasteiger partial charge in [0.1, 0.15) is 11.6 Å². The standard InChI is InChI=1S/C20H18F3N5O3/c1-7-4-5-10(29)8(2)14(7)28-15-11-9(6-27(3)19(11)31)26-16(20(21,22)23)12(15)13(17(28)24)18(25)30/h4-5,29H,6,24H2,1-3H3,(H2,25,30). The Morgan fingerprint density at radius 3 is 2.48 bits per heavy atom. The fourth-order valence-corrected chi connectivity index (χ4v) is 4.12. The van der Waals surface area contributed by atoms with Crippen LogP contribution in [0.25, 0.3) is 16.6 Å². The average Bonchev–Trinajstić information content (AvgIpc) is 3.11. The molecule has 0 spiro atoms. The lowest BCUT2D eigenvalue weighted by atomic mass is 10.0. The zero-order chi connectivity index (χ0) is 23.0. The molecular weight excluding hydrogens is 415 g/mol. The van der Waals surface area contributed by atoms with Crippen LogP contribution in [0.5, 0.6) is 5.75 Å². The molecule has 162 valence electrons. The minimum atomic E-state index is -4.94. The van der Waals surface area contributed by atoms with Crippen LogP contribution in [0, 0.1) is 13.8 Å². The molecule has 0 radical (unpaired) electrons. The number of anilines is 1. The number of carbonyl (C=O) groups excluding carboxylic acids is 2. The molecule has 0 bridgehead atoms. The zero-order valence-electron chi connectivity index (χ0n) is 16.8. The summed E-state index contributed by atoms with van der Waals surface area (Å²) in [5, 5.41) is 9.59. The number of phenolic OH excluding ortho intramolecular Hbond substituents is 1. The van der Waals surface area contributed by atoms with Gasteiger partial charge in [-0.05, 0) is 25.5 Å². The Morgan fingerprint density at radius 1 is 1.26 bits per heavy atom. The van der Waals surface area contributed by atoms with Gasteiger partial charge in [0.2, 0.25) is 0 Å². The number of nitrogen functional groups attached to an aromatic ring is 1. The van der Waals surface area contributed by atoms with Crippen molar-refractivity contribution in [3.05, 3.63) is 45.8 Å². The third-order valence-electron chi connectivity index (χ3n) is 5.51. The Bertz CT molecular complexity index is 1310. The topological polar surface area (TPSA) is 127 Å². The van der Waals surface area contributed by atoms with E-state index in [1.807, 2.05) is 0 Å². The quantitative estimate of drug-likeness (QED) is 0.573. The smallest absolute Gasteiger partial charge is 0.434 e. The summed E-state index contributed by atoms with van der Waals surface area (Å²) < 4.78 is 43.1. The Hall–Kier alpha value is -3.76. The first-order valence-electron chi connectivity index (χ1n) is 9.15. The first-order chi connectivity index (χ1) is 14.4. The van der Waals surface area contributed by atoms with Gasteiger partial charge in [-0.25, -0.2) is 4.98 Å². The first kappa shape index (κ1) is 20.5. The molecule has 1 aliphatic rings. The second-order valence-electron chi connectivity index (χ2n) is 7.50.